The summed E-state index contributed by atoms with van der Waals surface area (Å²) in [5, 5.41) is 8.36. The highest BCUT2D eigenvalue weighted by Gasteiger charge is 2.63. The van der Waals surface area contributed by atoms with E-state index in [0.29, 0.717) is 42.7 Å². The van der Waals surface area contributed by atoms with Crippen LogP contribution in [-0.4, -0.2) is 44.4 Å². The molecule has 3 aliphatic rings. The van der Waals surface area contributed by atoms with Gasteiger partial charge in [0, 0.05) is 46.3 Å². The highest BCUT2D eigenvalue weighted by atomic mass is 35.5. The van der Waals surface area contributed by atoms with Crippen molar-refractivity contribution in [3.63, 3.8) is 0 Å². The summed E-state index contributed by atoms with van der Waals surface area (Å²) in [5.74, 6) is 0.858. The van der Waals surface area contributed by atoms with E-state index in [-0.39, 0.29) is 11.0 Å². The maximum absolute atomic E-state index is 14.6. The molecule has 1 aliphatic carbocycles. The molecule has 45 heavy (non-hydrogen) atoms. The van der Waals surface area contributed by atoms with E-state index < -0.39 is 7.92 Å². The van der Waals surface area contributed by atoms with Gasteiger partial charge in [-0.15, -0.1) is 0 Å². The Morgan fingerprint density at radius 1 is 1.16 bits per heavy atom. The van der Waals surface area contributed by atoms with Gasteiger partial charge in [-0.3, -0.25) is 9.48 Å². The van der Waals surface area contributed by atoms with Crippen LogP contribution in [0.15, 0.2) is 48.5 Å². The van der Waals surface area contributed by atoms with Gasteiger partial charge in [-0.25, -0.2) is 4.39 Å². The first kappa shape index (κ1) is 29.2. The summed E-state index contributed by atoms with van der Waals surface area (Å²) in [6, 6.07) is 14.6. The first-order chi connectivity index (χ1) is 21.9. The zero-order valence-electron chi connectivity index (χ0n) is 25.8. The molecule has 1 saturated carbocycles. The van der Waals surface area contributed by atoms with Crippen LogP contribution in [0.2, 0.25) is 5.02 Å². The summed E-state index contributed by atoms with van der Waals surface area (Å²) < 4.78 is 30.7. The van der Waals surface area contributed by atoms with E-state index in [4.69, 9.17) is 26.2 Å². The lowest BCUT2D eigenvalue weighted by atomic mass is 9.97. The third-order valence-electron chi connectivity index (χ3n) is 10.2. The van der Waals surface area contributed by atoms with Crippen LogP contribution in [-0.2, 0) is 37.8 Å². The van der Waals surface area contributed by atoms with Crippen molar-refractivity contribution in [3.8, 4) is 16.9 Å². The van der Waals surface area contributed by atoms with Crippen molar-refractivity contribution in [2.45, 2.75) is 57.8 Å². The van der Waals surface area contributed by atoms with Crippen molar-refractivity contribution in [1.82, 2.24) is 14.3 Å². The maximum Gasteiger partial charge on any atom is 0.201 e. The first-order valence-corrected chi connectivity index (χ1v) is 17.9. The second kappa shape index (κ2) is 10.9. The first-order valence-electron chi connectivity index (χ1n) is 16.0. The van der Waals surface area contributed by atoms with Gasteiger partial charge < -0.3 is 14.0 Å². The predicted molar refractivity (Wildman–Crippen MR) is 179 cm³/mol. The van der Waals surface area contributed by atoms with Crippen LogP contribution >= 0.6 is 19.5 Å². The second-order valence-electron chi connectivity index (χ2n) is 12.6. The van der Waals surface area contributed by atoms with Crippen LogP contribution in [0, 0.1) is 11.7 Å². The molecular formula is C36H36ClFN3O3P. The Hall–Kier alpha value is -3.25. The Balaban J connectivity index is 1.25. The van der Waals surface area contributed by atoms with Crippen LogP contribution in [0.1, 0.15) is 54.1 Å². The molecule has 0 amide bonds. The van der Waals surface area contributed by atoms with E-state index >= 15 is 0 Å². The fourth-order valence-electron chi connectivity index (χ4n) is 8.13. The zero-order valence-corrected chi connectivity index (χ0v) is 27.5. The molecule has 9 heteroatoms. The summed E-state index contributed by atoms with van der Waals surface area (Å²) in [5.41, 5.74) is 7.35. The molecule has 8 rings (SSSR count). The molecule has 2 aromatic heterocycles. The van der Waals surface area contributed by atoms with Crippen LogP contribution < -0.4 is 4.74 Å². The average Bonchev–Trinajstić information content (AvgIpc) is 3.46. The van der Waals surface area contributed by atoms with Gasteiger partial charge >= 0.3 is 0 Å². The van der Waals surface area contributed by atoms with E-state index in [1.165, 1.54) is 12.1 Å². The summed E-state index contributed by atoms with van der Waals surface area (Å²) in [7, 11) is 1.14. The number of benzene rings is 3. The summed E-state index contributed by atoms with van der Waals surface area (Å²) in [6.45, 7) is 6.71. The number of hydrogen-bond donors (Lipinski definition) is 0. The van der Waals surface area contributed by atoms with E-state index in [2.05, 4.69) is 24.5 Å². The van der Waals surface area contributed by atoms with Crippen molar-refractivity contribution in [2.24, 2.45) is 13.0 Å². The molecule has 0 saturated heterocycles. The molecule has 3 atom stereocenters. The monoisotopic (exact) mass is 643 g/mol. The molecule has 5 aromatic rings. The quantitative estimate of drug-likeness (QED) is 0.132. The molecule has 1 spiro atoms. The Kier molecular flexibility index (Phi) is 7.09. The van der Waals surface area contributed by atoms with Crippen molar-refractivity contribution in [3.05, 3.63) is 82.0 Å². The third kappa shape index (κ3) is 4.41. The number of carbonyl (C=O) groups excluding carboxylic acids is 1. The van der Waals surface area contributed by atoms with Crippen LogP contribution in [0.3, 0.4) is 0 Å². The normalized spacial score (nSPS) is 22.0. The molecule has 0 N–H and O–H groups in total. The molecule has 0 radical (unpaired) electrons. The highest BCUT2D eigenvalue weighted by molar-refractivity contribution is 7.77. The number of nitrogens with zero attached hydrogens (tertiary/aromatic N) is 3. The van der Waals surface area contributed by atoms with Crippen molar-refractivity contribution >= 4 is 46.7 Å². The van der Waals surface area contributed by atoms with Gasteiger partial charge in [-0.2, -0.15) is 5.10 Å². The van der Waals surface area contributed by atoms with Crippen molar-refractivity contribution in [2.75, 3.05) is 19.4 Å². The SMILES string of the molecule is CCc1c2c(nn1C)COCC1CC13Cn1c(c(CCCOc4cccc5cc(F)ccc45)c4ccc(Cl)c-2c41)C(=O)P3CC. The van der Waals surface area contributed by atoms with E-state index in [0.717, 1.165) is 93.2 Å². The van der Waals surface area contributed by atoms with Gasteiger partial charge in [-0.1, -0.05) is 43.6 Å². The lowest BCUT2D eigenvalue weighted by Gasteiger charge is -2.34. The third-order valence-corrected chi connectivity index (χ3v) is 13.6. The topological polar surface area (TPSA) is 58.3 Å². The minimum absolute atomic E-state index is 0.0199. The standard InChI is InChI=1S/C36H36ClFN3O3P/c1-4-29-32-28(39-40(29)3)19-43-18-22-17-36(22)20-41-33-26(13-14-27(37)31(32)33)25(34(41)35(42)45(36)5-2)9-7-15-44-30-10-6-8-21-16-23(38)11-12-24(21)30/h6,8,10-14,16,22H,4-5,7,9,15,17-20H2,1-3H3. The van der Waals surface area contributed by atoms with Crippen LogP contribution in [0.4, 0.5) is 4.39 Å². The Bertz CT molecular complexity index is 2020. The molecule has 2 bridgehead atoms. The lowest BCUT2D eigenvalue weighted by molar-refractivity contribution is 0.103. The molecule has 2 aliphatic heterocycles. The van der Waals surface area contributed by atoms with Crippen molar-refractivity contribution in [1.29, 1.82) is 0 Å². The minimum Gasteiger partial charge on any atom is -0.493 e. The second-order valence-corrected chi connectivity index (χ2v) is 15.8. The van der Waals surface area contributed by atoms with E-state index in [1.807, 2.05) is 36.0 Å². The smallest absolute Gasteiger partial charge is 0.201 e. The minimum atomic E-state index is -0.849. The molecule has 4 heterocycles. The van der Waals surface area contributed by atoms with Crippen LogP contribution in [0.5, 0.6) is 5.75 Å². The predicted octanol–water partition coefficient (Wildman–Crippen LogP) is 8.51. The van der Waals surface area contributed by atoms with E-state index in [9.17, 15) is 9.18 Å². The fourth-order valence-corrected chi connectivity index (χ4v) is 11.5. The van der Waals surface area contributed by atoms with Crippen molar-refractivity contribution < 1.29 is 18.7 Å². The summed E-state index contributed by atoms with van der Waals surface area (Å²) in [4.78, 5) is 14.6. The average molecular weight is 644 g/mol. The fraction of sp³-hybridized carbons (Fsp3) is 0.389. The van der Waals surface area contributed by atoms with Gasteiger partial charge in [0.1, 0.15) is 11.6 Å². The number of aryl methyl sites for hydroxylation is 2. The number of rotatable bonds is 7. The number of halogens is 2. The Morgan fingerprint density at radius 2 is 2.00 bits per heavy atom. The molecule has 6 nitrogen and oxygen atoms in total. The van der Waals surface area contributed by atoms with Gasteiger partial charge in [0.25, 0.3) is 0 Å². The number of hydrogen-bond acceptors (Lipinski definition) is 4. The number of ether oxygens (including phenoxy) is 2. The maximum atomic E-state index is 14.6. The van der Waals surface area contributed by atoms with E-state index in [1.54, 1.807) is 6.07 Å². The molecule has 3 aromatic carbocycles. The van der Waals surface area contributed by atoms with Gasteiger partial charge in [0.15, 0.2) is 0 Å². The molecule has 232 valence electrons. The highest BCUT2D eigenvalue weighted by Crippen LogP contribution is 2.72. The Labute approximate surface area is 268 Å². The largest absolute Gasteiger partial charge is 0.493 e. The van der Waals surface area contributed by atoms with Gasteiger partial charge in [0.2, 0.25) is 5.52 Å². The summed E-state index contributed by atoms with van der Waals surface area (Å²) in [6.07, 6.45) is 4.15. The zero-order chi connectivity index (χ0) is 31.0. The number of fused-ring (bicyclic) bond motifs is 3. The molecule has 1 fully saturated rings. The van der Waals surface area contributed by atoms with Crippen LogP contribution in [0.25, 0.3) is 32.8 Å². The van der Waals surface area contributed by atoms with Gasteiger partial charge in [0.05, 0.1) is 41.7 Å². The molecule has 3 unspecified atom stereocenters. The molecular weight excluding hydrogens is 608 g/mol. The number of aromatic nitrogens is 3. The Morgan fingerprint density at radius 3 is 2.82 bits per heavy atom. The lowest BCUT2D eigenvalue weighted by Crippen LogP contribution is -2.32. The number of carbonyl (C=O) groups is 1. The summed E-state index contributed by atoms with van der Waals surface area (Å²) >= 11 is 7.13. The van der Waals surface area contributed by atoms with Gasteiger partial charge in [-0.05, 0) is 87.0 Å².